The summed E-state index contributed by atoms with van der Waals surface area (Å²) in [6.45, 7) is 9.22. The van der Waals surface area contributed by atoms with E-state index in [4.69, 9.17) is 0 Å². The highest BCUT2D eigenvalue weighted by Gasteiger charge is 2.31. The molecule has 0 radical (unpaired) electrons. The molecule has 2 atom stereocenters. The smallest absolute Gasteiger partial charge is 0.142 e. The molecule has 0 unspecified atom stereocenters. The number of nitrogens with one attached hydrogen (secondary N) is 1. The van der Waals surface area contributed by atoms with E-state index in [-0.39, 0.29) is 0 Å². The van der Waals surface area contributed by atoms with Crippen LogP contribution in [0.15, 0.2) is 18.6 Å². The molecule has 1 fully saturated rings. The molecule has 0 saturated carbocycles. The van der Waals surface area contributed by atoms with Gasteiger partial charge in [0, 0.05) is 31.9 Å². The van der Waals surface area contributed by atoms with Crippen molar-refractivity contribution in [3.63, 3.8) is 0 Å². The Labute approximate surface area is 126 Å². The summed E-state index contributed by atoms with van der Waals surface area (Å²) in [5.74, 6) is 1.71. The summed E-state index contributed by atoms with van der Waals surface area (Å²) in [6, 6.07) is 3.16. The molecule has 21 heavy (non-hydrogen) atoms. The van der Waals surface area contributed by atoms with Crippen LogP contribution >= 0.6 is 0 Å². The van der Waals surface area contributed by atoms with Gasteiger partial charge in [0.1, 0.15) is 17.8 Å². The fourth-order valence-electron chi connectivity index (χ4n) is 3.34. The van der Waals surface area contributed by atoms with Gasteiger partial charge in [-0.2, -0.15) is 0 Å². The molecule has 5 heteroatoms. The molecule has 5 nitrogen and oxygen atoms in total. The summed E-state index contributed by atoms with van der Waals surface area (Å²) < 4.78 is 0. The van der Waals surface area contributed by atoms with Gasteiger partial charge in [0.2, 0.25) is 0 Å². The van der Waals surface area contributed by atoms with E-state index in [0.717, 1.165) is 23.4 Å². The molecule has 0 aliphatic carbocycles. The lowest BCUT2D eigenvalue weighted by Crippen LogP contribution is -2.53. The molecule has 0 amide bonds. The van der Waals surface area contributed by atoms with Crippen LogP contribution in [0.2, 0.25) is 0 Å². The Morgan fingerprint density at radius 3 is 2.95 bits per heavy atom. The minimum Gasteiger partial charge on any atom is -0.354 e. The summed E-state index contributed by atoms with van der Waals surface area (Å²) in [6.07, 6.45) is 4.83. The Morgan fingerprint density at radius 1 is 1.38 bits per heavy atom. The molecule has 114 valence electrons. The van der Waals surface area contributed by atoms with Gasteiger partial charge < -0.3 is 9.88 Å². The highest BCUT2D eigenvalue weighted by Crippen LogP contribution is 2.29. The Hall–Kier alpha value is -1.62. The maximum absolute atomic E-state index is 4.53. The number of piperidine rings is 1. The summed E-state index contributed by atoms with van der Waals surface area (Å²) in [5.41, 5.74) is 0.913. The minimum absolute atomic E-state index is 0.495. The number of H-pyrrole nitrogens is 1. The van der Waals surface area contributed by atoms with Gasteiger partial charge in [-0.05, 0) is 38.8 Å². The lowest BCUT2D eigenvalue weighted by atomic mass is 9.91. The van der Waals surface area contributed by atoms with Crippen molar-refractivity contribution in [1.82, 2.24) is 19.9 Å². The van der Waals surface area contributed by atoms with Crippen molar-refractivity contribution < 1.29 is 0 Å². The van der Waals surface area contributed by atoms with E-state index in [1.807, 2.05) is 6.20 Å². The van der Waals surface area contributed by atoms with Crippen LogP contribution in [0.25, 0.3) is 11.0 Å². The molecule has 3 rings (SSSR count). The molecule has 1 aliphatic heterocycles. The van der Waals surface area contributed by atoms with Gasteiger partial charge in [-0.3, -0.25) is 4.90 Å². The van der Waals surface area contributed by atoms with Crippen molar-refractivity contribution in [2.24, 2.45) is 5.92 Å². The molecule has 1 saturated heterocycles. The summed E-state index contributed by atoms with van der Waals surface area (Å²) in [7, 11) is 2.17. The van der Waals surface area contributed by atoms with Crippen LogP contribution in [-0.2, 0) is 0 Å². The number of aromatic amines is 1. The molecule has 1 N–H and O–H groups in total. The normalized spacial score (nSPS) is 23.9. The number of likely N-dealkylation sites (N-methyl/N-ethyl adjacent to an activating group) is 1. The van der Waals surface area contributed by atoms with Crippen molar-refractivity contribution in [3.8, 4) is 0 Å². The van der Waals surface area contributed by atoms with Crippen LogP contribution in [0.3, 0.4) is 0 Å². The summed E-state index contributed by atoms with van der Waals surface area (Å²) in [4.78, 5) is 16.9. The van der Waals surface area contributed by atoms with Crippen molar-refractivity contribution in [1.29, 1.82) is 0 Å². The van der Waals surface area contributed by atoms with Gasteiger partial charge >= 0.3 is 0 Å². The van der Waals surface area contributed by atoms with E-state index in [2.05, 4.69) is 58.6 Å². The number of nitrogens with zero attached hydrogens (tertiary/aromatic N) is 4. The fraction of sp³-hybridized carbons (Fsp3) is 0.625. The lowest BCUT2D eigenvalue weighted by Gasteiger charge is -2.43. The second-order valence-electron chi connectivity index (χ2n) is 6.47. The number of hydrogen-bond acceptors (Lipinski definition) is 4. The monoisotopic (exact) mass is 287 g/mol. The van der Waals surface area contributed by atoms with Crippen molar-refractivity contribution in [2.45, 2.75) is 39.3 Å². The number of rotatable bonds is 3. The van der Waals surface area contributed by atoms with E-state index in [9.17, 15) is 0 Å². The number of aromatic nitrogens is 3. The number of hydrogen-bond donors (Lipinski definition) is 1. The molecule has 2 aromatic heterocycles. The van der Waals surface area contributed by atoms with E-state index in [1.165, 1.54) is 13.0 Å². The molecule has 3 heterocycles. The summed E-state index contributed by atoms with van der Waals surface area (Å²) in [5, 5.41) is 1.11. The number of likely N-dealkylation sites (tertiary alicyclic amines) is 1. The average Bonchev–Trinajstić information content (AvgIpc) is 2.95. The predicted molar refractivity (Wildman–Crippen MR) is 86.6 cm³/mol. The van der Waals surface area contributed by atoms with E-state index < -0.39 is 0 Å². The van der Waals surface area contributed by atoms with Crippen LogP contribution in [0.1, 0.15) is 27.2 Å². The number of anilines is 1. The van der Waals surface area contributed by atoms with Crippen LogP contribution in [0, 0.1) is 5.92 Å². The van der Waals surface area contributed by atoms with Gasteiger partial charge in [-0.1, -0.05) is 6.92 Å². The maximum Gasteiger partial charge on any atom is 0.142 e. The van der Waals surface area contributed by atoms with Gasteiger partial charge in [0.25, 0.3) is 0 Å². The first kappa shape index (κ1) is 14.3. The Balaban J connectivity index is 1.89. The first-order chi connectivity index (χ1) is 10.1. The largest absolute Gasteiger partial charge is 0.354 e. The third-order valence-corrected chi connectivity index (χ3v) is 4.84. The van der Waals surface area contributed by atoms with Gasteiger partial charge in [0.15, 0.2) is 0 Å². The van der Waals surface area contributed by atoms with Gasteiger partial charge in [-0.15, -0.1) is 0 Å². The average molecular weight is 287 g/mol. The summed E-state index contributed by atoms with van der Waals surface area (Å²) >= 11 is 0. The molecule has 0 spiro atoms. The zero-order valence-electron chi connectivity index (χ0n) is 13.4. The van der Waals surface area contributed by atoms with E-state index >= 15 is 0 Å². The predicted octanol–water partition coefficient (Wildman–Crippen LogP) is 2.51. The van der Waals surface area contributed by atoms with Crippen LogP contribution in [0.5, 0.6) is 0 Å². The molecule has 0 bridgehead atoms. The maximum atomic E-state index is 4.53. The van der Waals surface area contributed by atoms with Crippen LogP contribution in [0.4, 0.5) is 5.82 Å². The molecular weight excluding hydrogens is 262 g/mol. The van der Waals surface area contributed by atoms with E-state index in [1.54, 1.807) is 6.33 Å². The first-order valence-electron chi connectivity index (χ1n) is 7.83. The molecule has 2 aromatic rings. The fourth-order valence-corrected chi connectivity index (χ4v) is 3.34. The standard InChI is InChI=1S/C16H25N5/c1-11(2)21-8-6-12(3)14(9-21)20(4)16-13-5-7-17-15(13)18-10-19-16/h5,7,10-12,14H,6,8-9H2,1-4H3,(H,17,18,19)/t12-,14+/m1/s1. The zero-order valence-corrected chi connectivity index (χ0v) is 13.4. The molecule has 1 aliphatic rings. The van der Waals surface area contributed by atoms with Crippen LogP contribution < -0.4 is 4.90 Å². The highest BCUT2D eigenvalue weighted by atomic mass is 15.3. The second kappa shape index (κ2) is 5.64. The van der Waals surface area contributed by atoms with Crippen molar-refractivity contribution >= 4 is 16.9 Å². The van der Waals surface area contributed by atoms with Crippen LogP contribution in [-0.4, -0.2) is 52.1 Å². The van der Waals surface area contributed by atoms with E-state index in [0.29, 0.717) is 18.0 Å². The van der Waals surface area contributed by atoms with Gasteiger partial charge in [-0.25, -0.2) is 9.97 Å². The highest BCUT2D eigenvalue weighted by molar-refractivity contribution is 5.87. The Kier molecular flexibility index (Phi) is 3.85. The SMILES string of the molecule is CC(C)N1CC[C@@H](C)[C@@H](N(C)c2ncnc3[nH]ccc23)C1. The van der Waals surface area contributed by atoms with Crippen molar-refractivity contribution in [2.75, 3.05) is 25.0 Å². The topological polar surface area (TPSA) is 48.1 Å². The Bertz CT molecular complexity index is 605. The quantitative estimate of drug-likeness (QED) is 0.942. The third-order valence-electron chi connectivity index (χ3n) is 4.84. The lowest BCUT2D eigenvalue weighted by molar-refractivity contribution is 0.134. The second-order valence-corrected chi connectivity index (χ2v) is 6.47. The van der Waals surface area contributed by atoms with Crippen molar-refractivity contribution in [3.05, 3.63) is 18.6 Å². The Morgan fingerprint density at radius 2 is 2.19 bits per heavy atom. The molecular formula is C16H25N5. The first-order valence-corrected chi connectivity index (χ1v) is 7.83. The zero-order chi connectivity index (χ0) is 15.0. The number of fused-ring (bicyclic) bond motifs is 1. The molecule has 0 aromatic carbocycles. The minimum atomic E-state index is 0.495. The third kappa shape index (κ3) is 2.62. The van der Waals surface area contributed by atoms with Gasteiger partial charge in [0.05, 0.1) is 5.39 Å².